The minimum absolute atomic E-state index is 0.0385. The topological polar surface area (TPSA) is 72.5 Å². The van der Waals surface area contributed by atoms with E-state index < -0.39 is 17.8 Å². The highest BCUT2D eigenvalue weighted by atomic mass is 19.1. The zero-order chi connectivity index (χ0) is 13.7. The van der Waals surface area contributed by atoms with Crippen molar-refractivity contribution in [3.63, 3.8) is 0 Å². The molecule has 0 saturated heterocycles. The van der Waals surface area contributed by atoms with Gasteiger partial charge in [-0.25, -0.2) is 4.39 Å². The Balaban J connectivity index is 3.05. The summed E-state index contributed by atoms with van der Waals surface area (Å²) >= 11 is 0. The van der Waals surface area contributed by atoms with Gasteiger partial charge in [-0.05, 0) is 30.0 Å². The fraction of sp³-hybridized carbons (Fsp3) is 0.462. The first-order valence-electron chi connectivity index (χ1n) is 5.83. The number of aliphatic carboxylic acids is 1. The quantitative estimate of drug-likeness (QED) is 0.817. The summed E-state index contributed by atoms with van der Waals surface area (Å²) in [6.45, 7) is 1.92. The van der Waals surface area contributed by atoms with Crippen molar-refractivity contribution in [1.82, 2.24) is 0 Å². The molecular weight excluding hydrogens is 237 g/mol. The lowest BCUT2D eigenvalue weighted by Crippen LogP contribution is -2.15. The number of carboxylic acids is 1. The van der Waals surface area contributed by atoms with E-state index >= 15 is 0 Å². The number of benzene rings is 1. The Morgan fingerprint density at radius 1 is 1.56 bits per heavy atom. The first kappa shape index (κ1) is 14.4. The van der Waals surface area contributed by atoms with Crippen molar-refractivity contribution < 1.29 is 19.0 Å². The third-order valence-corrected chi connectivity index (χ3v) is 2.85. The molecule has 0 aliphatic carbocycles. The molecule has 1 aromatic carbocycles. The molecular formula is C13H18FNO3. The van der Waals surface area contributed by atoms with Crippen LogP contribution in [0.2, 0.25) is 0 Å². The number of halogens is 1. The summed E-state index contributed by atoms with van der Waals surface area (Å²) in [4.78, 5) is 10.5. The van der Waals surface area contributed by atoms with Crippen LogP contribution in [-0.2, 0) is 11.2 Å². The van der Waals surface area contributed by atoms with Gasteiger partial charge >= 0.3 is 5.97 Å². The second-order valence-electron chi connectivity index (χ2n) is 4.07. The third kappa shape index (κ3) is 3.43. The van der Waals surface area contributed by atoms with Gasteiger partial charge < -0.3 is 15.6 Å². The molecule has 0 heterocycles. The Bertz CT molecular complexity index is 434. The standard InChI is InChI=1S/C13H18FNO3/c1-3-9-10(11(15)4-5-13(16)17)6-8(14)7-12(9)18-2/h6-7,11H,3-5,15H2,1-2H3,(H,16,17). The number of hydrogen-bond donors (Lipinski definition) is 2. The normalized spacial score (nSPS) is 12.2. The number of hydrogen-bond acceptors (Lipinski definition) is 3. The van der Waals surface area contributed by atoms with Crippen molar-refractivity contribution in [1.29, 1.82) is 0 Å². The monoisotopic (exact) mass is 255 g/mol. The van der Waals surface area contributed by atoms with Gasteiger partial charge in [0.1, 0.15) is 11.6 Å². The van der Waals surface area contributed by atoms with E-state index in [4.69, 9.17) is 15.6 Å². The lowest BCUT2D eigenvalue weighted by Gasteiger charge is -2.18. The Kier molecular flexibility index (Phi) is 5.09. The van der Waals surface area contributed by atoms with Crippen LogP contribution in [0, 0.1) is 5.82 Å². The Morgan fingerprint density at radius 3 is 2.72 bits per heavy atom. The summed E-state index contributed by atoms with van der Waals surface area (Å²) in [6.07, 6.45) is 0.887. The van der Waals surface area contributed by atoms with Crippen LogP contribution in [0.1, 0.15) is 36.9 Å². The lowest BCUT2D eigenvalue weighted by molar-refractivity contribution is -0.137. The van der Waals surface area contributed by atoms with Crippen LogP contribution in [0.3, 0.4) is 0 Å². The second kappa shape index (κ2) is 6.35. The van der Waals surface area contributed by atoms with Gasteiger partial charge in [-0.15, -0.1) is 0 Å². The smallest absolute Gasteiger partial charge is 0.303 e. The molecule has 0 amide bonds. The van der Waals surface area contributed by atoms with E-state index in [1.165, 1.54) is 19.2 Å². The lowest BCUT2D eigenvalue weighted by atomic mass is 9.95. The molecule has 1 rings (SSSR count). The zero-order valence-corrected chi connectivity index (χ0v) is 10.6. The Labute approximate surface area is 106 Å². The molecule has 1 aromatic rings. The number of methoxy groups -OCH3 is 1. The zero-order valence-electron chi connectivity index (χ0n) is 10.6. The predicted molar refractivity (Wildman–Crippen MR) is 66.1 cm³/mol. The first-order chi connectivity index (χ1) is 8.49. The van der Waals surface area contributed by atoms with Crippen LogP contribution in [0.25, 0.3) is 0 Å². The molecule has 0 spiro atoms. The maximum atomic E-state index is 13.4. The molecule has 5 heteroatoms. The number of rotatable bonds is 6. The summed E-state index contributed by atoms with van der Waals surface area (Å²) in [5, 5.41) is 8.64. The second-order valence-corrected chi connectivity index (χ2v) is 4.07. The number of carboxylic acid groups (broad SMARTS) is 1. The number of nitrogens with two attached hydrogens (primary N) is 1. The van der Waals surface area contributed by atoms with Crippen LogP contribution in [-0.4, -0.2) is 18.2 Å². The molecule has 100 valence electrons. The van der Waals surface area contributed by atoms with E-state index in [2.05, 4.69) is 0 Å². The molecule has 0 saturated carbocycles. The van der Waals surface area contributed by atoms with Crippen LogP contribution in [0.4, 0.5) is 4.39 Å². The molecule has 1 atom stereocenters. The van der Waals surface area contributed by atoms with E-state index in [0.29, 0.717) is 17.7 Å². The molecule has 18 heavy (non-hydrogen) atoms. The van der Waals surface area contributed by atoms with Gasteiger partial charge in [0, 0.05) is 18.5 Å². The molecule has 1 unspecified atom stereocenters. The van der Waals surface area contributed by atoms with Crippen LogP contribution in [0.15, 0.2) is 12.1 Å². The minimum Gasteiger partial charge on any atom is -0.496 e. The van der Waals surface area contributed by atoms with Crippen molar-refractivity contribution in [2.24, 2.45) is 5.73 Å². The summed E-state index contributed by atoms with van der Waals surface area (Å²) in [5.74, 6) is -0.880. The largest absolute Gasteiger partial charge is 0.496 e. The molecule has 0 aliphatic heterocycles. The molecule has 4 nitrogen and oxygen atoms in total. The molecule has 0 fully saturated rings. The summed E-state index contributed by atoms with van der Waals surface area (Å²) < 4.78 is 18.6. The maximum absolute atomic E-state index is 13.4. The highest BCUT2D eigenvalue weighted by molar-refractivity contribution is 5.66. The Morgan fingerprint density at radius 2 is 2.22 bits per heavy atom. The third-order valence-electron chi connectivity index (χ3n) is 2.85. The van der Waals surface area contributed by atoms with Crippen molar-refractivity contribution in [3.05, 3.63) is 29.1 Å². The number of carbonyl (C=O) groups is 1. The Hall–Kier alpha value is -1.62. The number of ether oxygens (including phenoxy) is 1. The highest BCUT2D eigenvalue weighted by Crippen LogP contribution is 2.29. The first-order valence-corrected chi connectivity index (χ1v) is 5.83. The van der Waals surface area contributed by atoms with E-state index in [1.807, 2.05) is 6.92 Å². The van der Waals surface area contributed by atoms with Gasteiger partial charge in [-0.3, -0.25) is 4.79 Å². The average molecular weight is 255 g/mol. The molecule has 0 aromatic heterocycles. The summed E-state index contributed by atoms with van der Waals surface area (Å²) in [6, 6.07) is 2.17. The molecule has 0 radical (unpaired) electrons. The van der Waals surface area contributed by atoms with E-state index in [-0.39, 0.29) is 12.8 Å². The van der Waals surface area contributed by atoms with Gasteiger partial charge in [0.15, 0.2) is 0 Å². The SMILES string of the molecule is CCc1c(OC)cc(F)cc1C(N)CCC(=O)O. The predicted octanol–water partition coefficient (Wildman–Crippen LogP) is 2.26. The van der Waals surface area contributed by atoms with Crippen LogP contribution >= 0.6 is 0 Å². The van der Waals surface area contributed by atoms with Crippen LogP contribution < -0.4 is 10.5 Å². The molecule has 3 N–H and O–H groups in total. The fourth-order valence-corrected chi connectivity index (χ4v) is 1.96. The molecule has 0 aliphatic rings. The maximum Gasteiger partial charge on any atom is 0.303 e. The van der Waals surface area contributed by atoms with E-state index in [1.54, 1.807) is 0 Å². The van der Waals surface area contributed by atoms with Gasteiger partial charge in [0.2, 0.25) is 0 Å². The highest BCUT2D eigenvalue weighted by Gasteiger charge is 2.17. The fourth-order valence-electron chi connectivity index (χ4n) is 1.96. The minimum atomic E-state index is -0.910. The van der Waals surface area contributed by atoms with Crippen molar-refractivity contribution >= 4 is 5.97 Å². The van der Waals surface area contributed by atoms with Crippen molar-refractivity contribution in [2.75, 3.05) is 7.11 Å². The van der Waals surface area contributed by atoms with Gasteiger partial charge in [-0.1, -0.05) is 6.92 Å². The van der Waals surface area contributed by atoms with E-state index in [0.717, 1.165) is 5.56 Å². The van der Waals surface area contributed by atoms with Crippen molar-refractivity contribution in [2.45, 2.75) is 32.2 Å². The summed E-state index contributed by atoms with van der Waals surface area (Å²) in [5.41, 5.74) is 7.38. The summed E-state index contributed by atoms with van der Waals surface area (Å²) in [7, 11) is 1.47. The van der Waals surface area contributed by atoms with Crippen molar-refractivity contribution in [3.8, 4) is 5.75 Å². The van der Waals surface area contributed by atoms with Gasteiger partial charge in [0.05, 0.1) is 7.11 Å². The molecule has 0 bridgehead atoms. The van der Waals surface area contributed by atoms with Gasteiger partial charge in [-0.2, -0.15) is 0 Å². The van der Waals surface area contributed by atoms with E-state index in [9.17, 15) is 9.18 Å². The van der Waals surface area contributed by atoms with Gasteiger partial charge in [0.25, 0.3) is 0 Å². The van der Waals surface area contributed by atoms with Crippen LogP contribution in [0.5, 0.6) is 5.75 Å². The average Bonchev–Trinajstić information content (AvgIpc) is 2.34.